The van der Waals surface area contributed by atoms with Crippen molar-refractivity contribution in [1.29, 1.82) is 0 Å². The molecule has 4 rings (SSSR count). The molecule has 0 saturated carbocycles. The number of hydrogen-bond acceptors (Lipinski definition) is 7. The van der Waals surface area contributed by atoms with Crippen molar-refractivity contribution in [3.8, 4) is 0 Å². The number of aryl methyl sites for hydroxylation is 2. The Labute approximate surface area is 241 Å². The van der Waals surface area contributed by atoms with E-state index in [-0.39, 0.29) is 11.8 Å². The highest BCUT2D eigenvalue weighted by molar-refractivity contribution is 6.01. The average molecular weight is 559 g/mol. The smallest absolute Gasteiger partial charge is 0.254 e. The quantitative estimate of drug-likeness (QED) is 0.339. The first-order valence-electron chi connectivity index (χ1n) is 13.6. The first-order chi connectivity index (χ1) is 19.8. The van der Waals surface area contributed by atoms with E-state index in [1.807, 2.05) is 25.5 Å². The van der Waals surface area contributed by atoms with Gasteiger partial charge in [0.15, 0.2) is 12.6 Å². The van der Waals surface area contributed by atoms with Gasteiger partial charge in [-0.15, -0.1) is 0 Å². The summed E-state index contributed by atoms with van der Waals surface area (Å²) in [6.45, 7) is 5.84. The van der Waals surface area contributed by atoms with Crippen molar-refractivity contribution < 1.29 is 19.2 Å². The molecule has 10 heteroatoms. The Morgan fingerprint density at radius 1 is 0.878 bits per heavy atom. The Morgan fingerprint density at radius 3 is 1.88 bits per heavy atom. The third-order valence-corrected chi connectivity index (χ3v) is 6.78. The van der Waals surface area contributed by atoms with Crippen LogP contribution in [0.25, 0.3) is 0 Å². The van der Waals surface area contributed by atoms with Crippen molar-refractivity contribution in [3.05, 3.63) is 101 Å². The summed E-state index contributed by atoms with van der Waals surface area (Å²) >= 11 is 0. The number of amides is 2. The van der Waals surface area contributed by atoms with Crippen LogP contribution in [0.3, 0.4) is 0 Å². The molecule has 0 saturated heterocycles. The maximum atomic E-state index is 12.3. The molecule has 0 bridgehead atoms. The minimum Gasteiger partial charge on any atom is -0.373 e. The van der Waals surface area contributed by atoms with Gasteiger partial charge < -0.3 is 24.6 Å². The largest absolute Gasteiger partial charge is 0.373 e. The summed E-state index contributed by atoms with van der Waals surface area (Å²) in [5, 5.41) is 3.10. The normalized spacial score (nSPS) is 11.7. The molecule has 216 valence electrons. The van der Waals surface area contributed by atoms with Crippen LogP contribution in [0.15, 0.2) is 73.5 Å². The molecule has 0 spiro atoms. The average Bonchev–Trinajstić information content (AvgIpc) is 3.68. The van der Waals surface area contributed by atoms with Crippen LogP contribution in [0.5, 0.6) is 0 Å². The van der Waals surface area contributed by atoms with Crippen LogP contribution in [0.2, 0.25) is 0 Å². The molecule has 1 N–H and O–H groups in total. The fourth-order valence-electron chi connectivity index (χ4n) is 4.35. The van der Waals surface area contributed by atoms with Crippen molar-refractivity contribution >= 4 is 24.4 Å². The first kappa shape index (κ1) is 30.8. The topological polar surface area (TPSA) is 108 Å². The second-order valence-corrected chi connectivity index (χ2v) is 9.79. The van der Waals surface area contributed by atoms with Gasteiger partial charge in [0.05, 0.1) is 24.1 Å². The lowest BCUT2D eigenvalue weighted by atomic mass is 10.1. The Balaban J connectivity index is 0.000000226. The Morgan fingerprint density at radius 2 is 1.41 bits per heavy atom. The molecular weight excluding hydrogens is 520 g/mol. The van der Waals surface area contributed by atoms with Gasteiger partial charge in [-0.05, 0) is 31.9 Å². The van der Waals surface area contributed by atoms with Gasteiger partial charge in [0, 0.05) is 75.7 Å². The van der Waals surface area contributed by atoms with E-state index in [0.29, 0.717) is 35.3 Å². The third-order valence-electron chi connectivity index (χ3n) is 6.78. The minimum atomic E-state index is -0.125. The van der Waals surface area contributed by atoms with Gasteiger partial charge in [0.2, 0.25) is 0 Å². The van der Waals surface area contributed by atoms with Crippen LogP contribution in [0.1, 0.15) is 60.0 Å². The number of rotatable bonds is 12. The molecule has 1 aliphatic heterocycles. The van der Waals surface area contributed by atoms with Crippen LogP contribution in [-0.2, 0) is 6.54 Å². The summed E-state index contributed by atoms with van der Waals surface area (Å²) in [6, 6.07) is 13.7. The van der Waals surface area contributed by atoms with E-state index < -0.39 is 0 Å². The molecule has 2 amide bonds. The van der Waals surface area contributed by atoms with Gasteiger partial charge in [-0.25, -0.2) is 4.98 Å². The maximum absolute atomic E-state index is 12.3. The summed E-state index contributed by atoms with van der Waals surface area (Å²) in [7, 11) is 3.52. The predicted molar refractivity (Wildman–Crippen MR) is 158 cm³/mol. The molecule has 3 aromatic rings. The molecule has 2 aromatic carbocycles. The monoisotopic (exact) mass is 558 g/mol. The molecule has 10 nitrogen and oxygen atoms in total. The van der Waals surface area contributed by atoms with Gasteiger partial charge >= 0.3 is 0 Å². The van der Waals surface area contributed by atoms with Gasteiger partial charge in [-0.3, -0.25) is 19.2 Å². The number of carbonyl (C=O) groups excluding carboxylic acids is 4. The summed E-state index contributed by atoms with van der Waals surface area (Å²) in [5.41, 5.74) is 2.90. The van der Waals surface area contributed by atoms with Crippen molar-refractivity contribution in [2.45, 2.75) is 26.3 Å². The van der Waals surface area contributed by atoms with Crippen LogP contribution >= 0.6 is 0 Å². The van der Waals surface area contributed by atoms with Gasteiger partial charge in [0.25, 0.3) is 11.8 Å². The molecule has 0 fully saturated rings. The predicted octanol–water partition coefficient (Wildman–Crippen LogP) is 3.46. The maximum Gasteiger partial charge on any atom is 0.254 e. The van der Waals surface area contributed by atoms with E-state index in [0.717, 1.165) is 50.9 Å². The summed E-state index contributed by atoms with van der Waals surface area (Å²) in [6.07, 6.45) is 10.7. The molecule has 2 heterocycles. The lowest BCUT2D eigenvalue weighted by Crippen LogP contribution is -2.31. The number of nitrogens with zero attached hydrogens (tertiary/aromatic N) is 5. The summed E-state index contributed by atoms with van der Waals surface area (Å²) in [4.78, 5) is 56.1. The first-order valence-corrected chi connectivity index (χ1v) is 13.6. The van der Waals surface area contributed by atoms with Crippen LogP contribution in [-0.4, -0.2) is 89.0 Å². The zero-order chi connectivity index (χ0) is 29.6. The number of benzene rings is 2. The third kappa shape index (κ3) is 8.89. The van der Waals surface area contributed by atoms with Gasteiger partial charge in [-0.2, -0.15) is 0 Å². The van der Waals surface area contributed by atoms with Crippen LogP contribution in [0.4, 0.5) is 0 Å². The highest BCUT2D eigenvalue weighted by Gasteiger charge is 2.16. The van der Waals surface area contributed by atoms with E-state index >= 15 is 0 Å². The molecule has 0 radical (unpaired) electrons. The number of nitrogens with one attached hydrogen (secondary N) is 1. The molecule has 0 unspecified atom stereocenters. The van der Waals surface area contributed by atoms with Crippen molar-refractivity contribution in [2.75, 3.05) is 40.4 Å². The number of carbonyl (C=O) groups is 4. The number of aldehydes is 2. The minimum absolute atomic E-state index is 0.109. The Bertz CT molecular complexity index is 1350. The Kier molecular flexibility index (Phi) is 11.8. The lowest BCUT2D eigenvalue weighted by molar-refractivity contribution is 0.0782. The zero-order valence-electron chi connectivity index (χ0n) is 23.9. The van der Waals surface area contributed by atoms with Crippen molar-refractivity contribution in [3.63, 3.8) is 0 Å². The standard InChI is InChI=1S/C16H19N3O2.C15H19N3O2/c1-13-10-17-12-19(13)9-5-8-18(2)16(21)15-7-4-3-6-14(15)11-20;1-17(8-4-9-18-10-7-16-12-18)15(20)14-6-3-2-5-13(14)11-19/h3-4,6-7,10-12H,5,8-9H2,1-2H3;2-3,5-7,10-11,16H,4,8-9,12H2,1H3. The SMILES string of the molecule is CN(CCCN1C=CNC1)C(=O)c1ccccc1C=O.Cc1cncn1CCCN(C)C(=O)c1ccccc1C=O. The molecule has 0 atom stereocenters. The Hall–Kier alpha value is -4.73. The van der Waals surface area contributed by atoms with Gasteiger partial charge in [0.1, 0.15) is 0 Å². The van der Waals surface area contributed by atoms with E-state index in [1.165, 1.54) is 0 Å². The van der Waals surface area contributed by atoms with Gasteiger partial charge in [-0.1, -0.05) is 36.4 Å². The fraction of sp³-hybridized carbons (Fsp3) is 0.323. The van der Waals surface area contributed by atoms with Crippen molar-refractivity contribution in [1.82, 2.24) is 29.6 Å². The molecule has 1 aromatic heterocycles. The van der Waals surface area contributed by atoms with E-state index in [9.17, 15) is 19.2 Å². The van der Waals surface area contributed by atoms with E-state index in [1.54, 1.807) is 78.8 Å². The van der Waals surface area contributed by atoms with E-state index in [2.05, 4.69) is 19.8 Å². The number of aromatic nitrogens is 2. The molecule has 0 aliphatic carbocycles. The number of hydrogen-bond donors (Lipinski definition) is 1. The van der Waals surface area contributed by atoms with E-state index in [4.69, 9.17) is 0 Å². The van der Waals surface area contributed by atoms with Crippen molar-refractivity contribution in [2.24, 2.45) is 0 Å². The lowest BCUT2D eigenvalue weighted by Gasteiger charge is -2.20. The summed E-state index contributed by atoms with van der Waals surface area (Å²) in [5.74, 6) is -0.233. The second-order valence-electron chi connectivity index (χ2n) is 9.79. The van der Waals surface area contributed by atoms with Crippen LogP contribution in [0, 0.1) is 6.92 Å². The second kappa shape index (κ2) is 15.8. The fourth-order valence-corrected chi connectivity index (χ4v) is 4.35. The highest BCUT2D eigenvalue weighted by atomic mass is 16.2. The van der Waals surface area contributed by atoms with Crippen LogP contribution < -0.4 is 5.32 Å². The molecule has 41 heavy (non-hydrogen) atoms. The highest BCUT2D eigenvalue weighted by Crippen LogP contribution is 2.11. The molecular formula is C31H38N6O4. The zero-order valence-corrected chi connectivity index (χ0v) is 23.9. The summed E-state index contributed by atoms with van der Waals surface area (Å²) < 4.78 is 2.05. The number of imidazole rings is 1. The molecule has 1 aliphatic rings.